The Kier molecular flexibility index (Phi) is 4.94. The topological polar surface area (TPSA) is 34.1 Å². The van der Waals surface area contributed by atoms with Crippen molar-refractivity contribution in [2.45, 2.75) is 72.1 Å². The third-order valence-corrected chi connectivity index (χ3v) is 6.42. The zero-order valence-electron chi connectivity index (χ0n) is 15.4. The van der Waals surface area contributed by atoms with Gasteiger partial charge in [-0.05, 0) is 57.9 Å². The predicted octanol–water partition coefficient (Wildman–Crippen LogP) is 5.44. The first-order chi connectivity index (χ1) is 11.4. The van der Waals surface area contributed by atoms with Gasteiger partial charge in [0.1, 0.15) is 5.78 Å². The number of carbonyl (C=O) groups excluding carboxylic acids is 2. The molecule has 2 nitrogen and oxygen atoms in total. The van der Waals surface area contributed by atoms with Crippen molar-refractivity contribution in [2.24, 2.45) is 17.3 Å². The summed E-state index contributed by atoms with van der Waals surface area (Å²) in [6, 6.07) is 6.09. The number of aryl methyl sites for hydroxylation is 2. The lowest BCUT2D eigenvalue weighted by molar-refractivity contribution is -0.133. The number of hydrogen-bond acceptors (Lipinski definition) is 2. The van der Waals surface area contributed by atoms with Crippen LogP contribution in [0.15, 0.2) is 18.2 Å². The molecule has 1 aromatic carbocycles. The van der Waals surface area contributed by atoms with Gasteiger partial charge < -0.3 is 0 Å². The molecule has 0 spiro atoms. The highest BCUT2D eigenvalue weighted by atomic mass is 16.1. The van der Waals surface area contributed by atoms with Crippen molar-refractivity contribution >= 4 is 11.6 Å². The molecule has 0 saturated heterocycles. The Hall–Kier alpha value is -1.44. The minimum atomic E-state index is -0.0743. The van der Waals surface area contributed by atoms with Gasteiger partial charge in [0.05, 0.1) is 0 Å². The highest BCUT2D eigenvalue weighted by Gasteiger charge is 2.41. The zero-order chi connectivity index (χ0) is 17.3. The van der Waals surface area contributed by atoms with Crippen molar-refractivity contribution in [3.05, 3.63) is 34.9 Å². The van der Waals surface area contributed by atoms with Crippen LogP contribution in [0, 0.1) is 31.1 Å². The van der Waals surface area contributed by atoms with Crippen molar-refractivity contribution in [3.8, 4) is 0 Å². The third kappa shape index (κ3) is 3.34. The van der Waals surface area contributed by atoms with Crippen LogP contribution in [0.1, 0.15) is 79.8 Å². The molecule has 0 bridgehead atoms. The average molecular weight is 326 g/mol. The van der Waals surface area contributed by atoms with E-state index in [0.29, 0.717) is 5.78 Å². The quantitative estimate of drug-likeness (QED) is 0.690. The van der Waals surface area contributed by atoms with Crippen LogP contribution in [0.3, 0.4) is 0 Å². The van der Waals surface area contributed by atoms with E-state index >= 15 is 0 Å². The zero-order valence-corrected chi connectivity index (χ0v) is 15.4. The minimum absolute atomic E-state index is 0.0743. The summed E-state index contributed by atoms with van der Waals surface area (Å²) < 4.78 is 0. The van der Waals surface area contributed by atoms with Crippen LogP contribution in [0.2, 0.25) is 0 Å². The Bertz CT molecular complexity index is 629. The van der Waals surface area contributed by atoms with E-state index in [1.807, 2.05) is 19.1 Å². The van der Waals surface area contributed by atoms with E-state index in [2.05, 4.69) is 19.9 Å². The number of carbonyl (C=O) groups is 2. The van der Waals surface area contributed by atoms with Gasteiger partial charge in [-0.25, -0.2) is 0 Å². The minimum Gasteiger partial charge on any atom is -0.299 e. The van der Waals surface area contributed by atoms with Gasteiger partial charge in [-0.2, -0.15) is 0 Å². The van der Waals surface area contributed by atoms with Crippen LogP contribution in [0.4, 0.5) is 0 Å². The number of benzene rings is 1. The smallest absolute Gasteiger partial charge is 0.166 e. The second-order valence-electron chi connectivity index (χ2n) is 8.36. The molecule has 130 valence electrons. The number of ketones is 2. The normalized spacial score (nSPS) is 26.3. The van der Waals surface area contributed by atoms with Gasteiger partial charge in [-0.1, -0.05) is 43.5 Å². The summed E-state index contributed by atoms with van der Waals surface area (Å²) in [5.74, 6) is 1.06. The molecule has 2 saturated carbocycles. The standard InChI is InChI=1S/C22H30O2/c1-15-6-11-19(16(2)14-15)20(23)17-7-9-18(10-8-17)21(24)22(3)12-4-5-13-22/h6,11,14,17-18H,4-5,7-10,12-13H2,1-3H3. The van der Waals surface area contributed by atoms with Crippen molar-refractivity contribution in [1.82, 2.24) is 0 Å². The van der Waals surface area contributed by atoms with E-state index in [1.165, 1.54) is 18.4 Å². The average Bonchev–Trinajstić information content (AvgIpc) is 3.02. The van der Waals surface area contributed by atoms with Gasteiger partial charge in [-0.3, -0.25) is 9.59 Å². The predicted molar refractivity (Wildman–Crippen MR) is 97.3 cm³/mol. The number of Topliss-reactive ketones (excluding diaryl/α,β-unsaturated/α-hetero) is 2. The van der Waals surface area contributed by atoms with Crippen LogP contribution in [-0.2, 0) is 4.79 Å². The molecule has 3 rings (SSSR count). The Morgan fingerprint density at radius 2 is 1.54 bits per heavy atom. The van der Waals surface area contributed by atoms with E-state index in [-0.39, 0.29) is 23.0 Å². The van der Waals surface area contributed by atoms with Gasteiger partial charge in [-0.15, -0.1) is 0 Å². The second-order valence-corrected chi connectivity index (χ2v) is 8.36. The molecule has 0 N–H and O–H groups in total. The van der Waals surface area contributed by atoms with Crippen LogP contribution in [0.25, 0.3) is 0 Å². The fourth-order valence-electron chi connectivity index (χ4n) is 4.82. The molecule has 0 radical (unpaired) electrons. The van der Waals surface area contributed by atoms with Crippen LogP contribution < -0.4 is 0 Å². The maximum atomic E-state index is 12.9. The molecular formula is C22H30O2. The first kappa shape index (κ1) is 17.4. The van der Waals surface area contributed by atoms with E-state index in [0.717, 1.165) is 49.7 Å². The van der Waals surface area contributed by atoms with Gasteiger partial charge >= 0.3 is 0 Å². The Morgan fingerprint density at radius 3 is 2.12 bits per heavy atom. The molecule has 2 aliphatic carbocycles. The summed E-state index contributed by atoms with van der Waals surface area (Å²) in [6.45, 7) is 6.24. The highest BCUT2D eigenvalue weighted by Crippen LogP contribution is 2.43. The van der Waals surface area contributed by atoms with Crippen LogP contribution in [-0.4, -0.2) is 11.6 Å². The van der Waals surface area contributed by atoms with E-state index in [1.54, 1.807) is 0 Å². The Balaban J connectivity index is 1.62. The maximum Gasteiger partial charge on any atom is 0.166 e. The lowest BCUT2D eigenvalue weighted by Gasteiger charge is -2.32. The lowest BCUT2D eigenvalue weighted by Crippen LogP contribution is -2.34. The lowest BCUT2D eigenvalue weighted by atomic mass is 9.70. The summed E-state index contributed by atoms with van der Waals surface area (Å²) in [5.41, 5.74) is 3.08. The van der Waals surface area contributed by atoms with Gasteiger partial charge in [0.2, 0.25) is 0 Å². The first-order valence-electron chi connectivity index (χ1n) is 9.56. The van der Waals surface area contributed by atoms with Crippen molar-refractivity contribution in [2.75, 3.05) is 0 Å². The molecule has 24 heavy (non-hydrogen) atoms. The molecule has 0 amide bonds. The largest absolute Gasteiger partial charge is 0.299 e. The summed E-state index contributed by atoms with van der Waals surface area (Å²) in [7, 11) is 0. The number of rotatable bonds is 4. The van der Waals surface area contributed by atoms with Crippen molar-refractivity contribution in [3.63, 3.8) is 0 Å². The molecule has 1 aromatic rings. The molecule has 2 heteroatoms. The van der Waals surface area contributed by atoms with Crippen LogP contribution >= 0.6 is 0 Å². The fraction of sp³-hybridized carbons (Fsp3) is 0.636. The van der Waals surface area contributed by atoms with Crippen molar-refractivity contribution in [1.29, 1.82) is 0 Å². The summed E-state index contributed by atoms with van der Waals surface area (Å²) in [6.07, 6.45) is 8.06. The fourth-order valence-corrected chi connectivity index (χ4v) is 4.82. The third-order valence-electron chi connectivity index (χ3n) is 6.42. The second kappa shape index (κ2) is 6.82. The summed E-state index contributed by atoms with van der Waals surface area (Å²) in [5, 5.41) is 0. The van der Waals surface area contributed by atoms with E-state index in [9.17, 15) is 9.59 Å². The molecule has 2 fully saturated rings. The molecule has 0 aromatic heterocycles. The summed E-state index contributed by atoms with van der Waals surface area (Å²) >= 11 is 0. The molecule has 0 aliphatic heterocycles. The molecule has 2 aliphatic rings. The van der Waals surface area contributed by atoms with E-state index < -0.39 is 0 Å². The molecule has 0 atom stereocenters. The first-order valence-corrected chi connectivity index (χ1v) is 9.56. The SMILES string of the molecule is Cc1ccc(C(=O)C2CCC(C(=O)C3(C)CCCC3)CC2)c(C)c1. The van der Waals surface area contributed by atoms with Crippen LogP contribution in [0.5, 0.6) is 0 Å². The molecule has 0 unspecified atom stereocenters. The number of hydrogen-bond donors (Lipinski definition) is 0. The van der Waals surface area contributed by atoms with E-state index in [4.69, 9.17) is 0 Å². The van der Waals surface area contributed by atoms with Crippen molar-refractivity contribution < 1.29 is 9.59 Å². The van der Waals surface area contributed by atoms with Gasteiger partial charge in [0, 0.05) is 22.8 Å². The summed E-state index contributed by atoms with van der Waals surface area (Å²) in [4.78, 5) is 25.7. The van der Waals surface area contributed by atoms with Gasteiger partial charge in [0.15, 0.2) is 5.78 Å². The molecule has 0 heterocycles. The maximum absolute atomic E-state index is 12.9. The highest BCUT2D eigenvalue weighted by molar-refractivity contribution is 5.99. The Morgan fingerprint density at radius 1 is 0.958 bits per heavy atom. The monoisotopic (exact) mass is 326 g/mol. The van der Waals surface area contributed by atoms with Gasteiger partial charge in [0.25, 0.3) is 0 Å². The Labute approximate surface area is 146 Å². The molecular weight excluding hydrogens is 296 g/mol.